The Kier molecular flexibility index (Phi) is 4.77. The second-order valence-corrected chi connectivity index (χ2v) is 6.95. The minimum Gasteiger partial charge on any atom is -0.399 e. The van der Waals surface area contributed by atoms with E-state index in [1.807, 2.05) is 0 Å². The standard InChI is InChI=1S/C11H17BrN2O3S/c1-3-11(2,15)7-14-18(16,17)10-5-4-8(13)6-9(10)12/h4-6,14-15H,3,7,13H2,1-2H3. The first-order valence-corrected chi connectivity index (χ1v) is 7.72. The van der Waals surface area contributed by atoms with Crippen molar-refractivity contribution in [2.24, 2.45) is 0 Å². The van der Waals surface area contributed by atoms with Crippen molar-refractivity contribution in [3.05, 3.63) is 22.7 Å². The van der Waals surface area contributed by atoms with E-state index >= 15 is 0 Å². The van der Waals surface area contributed by atoms with Gasteiger partial charge in [0.1, 0.15) is 0 Å². The molecule has 0 radical (unpaired) electrons. The molecular formula is C11H17BrN2O3S. The predicted octanol–water partition coefficient (Wildman–Crippen LogP) is 1.47. The molecule has 0 spiro atoms. The predicted molar refractivity (Wildman–Crippen MR) is 74.7 cm³/mol. The Morgan fingerprint density at radius 1 is 1.50 bits per heavy atom. The summed E-state index contributed by atoms with van der Waals surface area (Å²) in [6.45, 7) is 3.32. The summed E-state index contributed by atoms with van der Waals surface area (Å²) < 4.78 is 26.8. The van der Waals surface area contributed by atoms with E-state index in [-0.39, 0.29) is 11.4 Å². The van der Waals surface area contributed by atoms with Crippen molar-refractivity contribution in [1.29, 1.82) is 0 Å². The molecule has 7 heteroatoms. The van der Waals surface area contributed by atoms with Gasteiger partial charge in [0.2, 0.25) is 10.0 Å². The normalized spacial score (nSPS) is 15.3. The molecule has 0 saturated heterocycles. The zero-order chi connectivity index (χ0) is 14.0. The van der Waals surface area contributed by atoms with Crippen molar-refractivity contribution in [3.63, 3.8) is 0 Å². The molecule has 1 aromatic rings. The van der Waals surface area contributed by atoms with Crippen LogP contribution in [0.5, 0.6) is 0 Å². The molecule has 0 aliphatic carbocycles. The summed E-state index contributed by atoms with van der Waals surface area (Å²) in [5, 5.41) is 9.79. The molecule has 102 valence electrons. The van der Waals surface area contributed by atoms with Crippen molar-refractivity contribution in [2.75, 3.05) is 12.3 Å². The van der Waals surface area contributed by atoms with Gasteiger partial charge in [0.15, 0.2) is 0 Å². The van der Waals surface area contributed by atoms with Gasteiger partial charge >= 0.3 is 0 Å². The van der Waals surface area contributed by atoms with E-state index in [9.17, 15) is 13.5 Å². The number of nitrogen functional groups attached to an aromatic ring is 1. The van der Waals surface area contributed by atoms with Gasteiger partial charge in [-0.1, -0.05) is 6.92 Å². The first kappa shape index (κ1) is 15.4. The molecule has 18 heavy (non-hydrogen) atoms. The van der Waals surface area contributed by atoms with Gasteiger partial charge in [0.25, 0.3) is 0 Å². The van der Waals surface area contributed by atoms with Crippen LogP contribution in [0.1, 0.15) is 20.3 Å². The fraction of sp³-hybridized carbons (Fsp3) is 0.455. The lowest BCUT2D eigenvalue weighted by atomic mass is 10.1. The van der Waals surface area contributed by atoms with Crippen LogP contribution in [0.25, 0.3) is 0 Å². The van der Waals surface area contributed by atoms with Gasteiger partial charge < -0.3 is 10.8 Å². The molecule has 4 N–H and O–H groups in total. The molecule has 0 bridgehead atoms. The van der Waals surface area contributed by atoms with E-state index in [0.29, 0.717) is 16.6 Å². The molecule has 0 aromatic heterocycles. The Bertz CT molecular complexity index is 529. The molecule has 1 atom stereocenters. The molecule has 1 rings (SSSR count). The highest BCUT2D eigenvalue weighted by molar-refractivity contribution is 9.10. The molecular weight excluding hydrogens is 320 g/mol. The van der Waals surface area contributed by atoms with Crippen LogP contribution >= 0.6 is 15.9 Å². The first-order chi connectivity index (χ1) is 8.18. The number of sulfonamides is 1. The van der Waals surface area contributed by atoms with Crippen molar-refractivity contribution in [2.45, 2.75) is 30.8 Å². The maximum Gasteiger partial charge on any atom is 0.241 e. The summed E-state index contributed by atoms with van der Waals surface area (Å²) in [4.78, 5) is 0.101. The zero-order valence-electron chi connectivity index (χ0n) is 10.3. The maximum atomic E-state index is 12.0. The summed E-state index contributed by atoms with van der Waals surface area (Å²) in [5.74, 6) is 0. The zero-order valence-corrected chi connectivity index (χ0v) is 12.7. The Balaban J connectivity index is 2.94. The lowest BCUT2D eigenvalue weighted by molar-refractivity contribution is 0.0613. The fourth-order valence-electron chi connectivity index (χ4n) is 1.19. The average Bonchev–Trinajstić information content (AvgIpc) is 2.26. The molecule has 5 nitrogen and oxygen atoms in total. The van der Waals surface area contributed by atoms with E-state index < -0.39 is 15.6 Å². The molecule has 0 fully saturated rings. The number of anilines is 1. The van der Waals surface area contributed by atoms with Gasteiger partial charge in [-0.2, -0.15) is 0 Å². The summed E-state index contributed by atoms with van der Waals surface area (Å²) in [6.07, 6.45) is 0.457. The van der Waals surface area contributed by atoms with Crippen LogP contribution in [0.4, 0.5) is 5.69 Å². The summed E-state index contributed by atoms with van der Waals surface area (Å²) in [7, 11) is -3.66. The van der Waals surface area contributed by atoms with Gasteiger partial charge in [-0.15, -0.1) is 0 Å². The van der Waals surface area contributed by atoms with Gasteiger partial charge in [0.05, 0.1) is 10.5 Å². The Morgan fingerprint density at radius 3 is 2.61 bits per heavy atom. The van der Waals surface area contributed by atoms with Crippen LogP contribution in [0.2, 0.25) is 0 Å². The number of benzene rings is 1. The van der Waals surface area contributed by atoms with E-state index in [0.717, 1.165) is 0 Å². The minimum atomic E-state index is -3.66. The molecule has 0 saturated carbocycles. The maximum absolute atomic E-state index is 12.0. The molecule has 0 amide bonds. The summed E-state index contributed by atoms with van der Waals surface area (Å²) in [6, 6.07) is 4.45. The molecule has 1 aromatic carbocycles. The van der Waals surface area contributed by atoms with E-state index in [2.05, 4.69) is 20.7 Å². The topological polar surface area (TPSA) is 92.4 Å². The molecule has 0 aliphatic heterocycles. The molecule has 0 heterocycles. The van der Waals surface area contributed by atoms with Crippen LogP contribution in [0.3, 0.4) is 0 Å². The molecule has 1 unspecified atom stereocenters. The van der Waals surface area contributed by atoms with E-state index in [1.54, 1.807) is 13.8 Å². The van der Waals surface area contributed by atoms with Crippen molar-refractivity contribution in [1.82, 2.24) is 4.72 Å². The third-order valence-electron chi connectivity index (χ3n) is 2.65. The van der Waals surface area contributed by atoms with E-state index in [1.165, 1.54) is 18.2 Å². The largest absolute Gasteiger partial charge is 0.399 e. The van der Waals surface area contributed by atoms with Crippen molar-refractivity contribution >= 4 is 31.6 Å². The Morgan fingerprint density at radius 2 is 2.11 bits per heavy atom. The van der Waals surface area contributed by atoms with E-state index in [4.69, 9.17) is 5.73 Å². The van der Waals surface area contributed by atoms with Crippen LogP contribution in [-0.2, 0) is 10.0 Å². The number of aliphatic hydroxyl groups is 1. The highest BCUT2D eigenvalue weighted by atomic mass is 79.9. The fourth-order valence-corrected chi connectivity index (χ4v) is 3.44. The highest BCUT2D eigenvalue weighted by Gasteiger charge is 2.23. The lowest BCUT2D eigenvalue weighted by Crippen LogP contribution is -2.40. The summed E-state index contributed by atoms with van der Waals surface area (Å²) in [5.41, 5.74) is 4.96. The second-order valence-electron chi connectivity index (χ2n) is 4.36. The number of nitrogens with one attached hydrogen (secondary N) is 1. The van der Waals surface area contributed by atoms with Gasteiger partial charge in [-0.3, -0.25) is 0 Å². The minimum absolute atomic E-state index is 0.0390. The first-order valence-electron chi connectivity index (χ1n) is 5.45. The summed E-state index contributed by atoms with van der Waals surface area (Å²) >= 11 is 3.16. The SMILES string of the molecule is CCC(C)(O)CNS(=O)(=O)c1ccc(N)cc1Br. The molecule has 0 aliphatic rings. The van der Waals surface area contributed by atoms with Gasteiger partial charge in [-0.05, 0) is 47.5 Å². The number of halogens is 1. The number of nitrogens with two attached hydrogens (primary N) is 1. The van der Waals surface area contributed by atoms with Crippen molar-refractivity contribution < 1.29 is 13.5 Å². The van der Waals surface area contributed by atoms with Crippen LogP contribution in [0, 0.1) is 0 Å². The number of rotatable bonds is 5. The monoisotopic (exact) mass is 336 g/mol. The Hall–Kier alpha value is -0.630. The van der Waals surface area contributed by atoms with Gasteiger partial charge in [-0.25, -0.2) is 13.1 Å². The quantitative estimate of drug-likeness (QED) is 0.710. The lowest BCUT2D eigenvalue weighted by Gasteiger charge is -2.21. The van der Waals surface area contributed by atoms with Crippen molar-refractivity contribution in [3.8, 4) is 0 Å². The van der Waals surface area contributed by atoms with Gasteiger partial charge in [0, 0.05) is 16.7 Å². The van der Waals surface area contributed by atoms with Crippen LogP contribution in [-0.4, -0.2) is 25.7 Å². The smallest absolute Gasteiger partial charge is 0.241 e. The average molecular weight is 337 g/mol. The third kappa shape index (κ3) is 3.94. The number of hydrogen-bond donors (Lipinski definition) is 3. The Labute approximate surface area is 116 Å². The number of hydrogen-bond acceptors (Lipinski definition) is 4. The second kappa shape index (κ2) is 5.56. The van der Waals surface area contributed by atoms with Crippen LogP contribution < -0.4 is 10.5 Å². The third-order valence-corrected chi connectivity index (χ3v) is 5.03. The van der Waals surface area contributed by atoms with Crippen LogP contribution in [0.15, 0.2) is 27.6 Å². The highest BCUT2D eigenvalue weighted by Crippen LogP contribution is 2.24.